The van der Waals surface area contributed by atoms with Crippen LogP contribution in [0.5, 0.6) is 0 Å². The number of carbonyl (C=O) groups is 2. The Labute approximate surface area is 182 Å². The second-order valence-electron chi connectivity index (χ2n) is 7.69. The van der Waals surface area contributed by atoms with Gasteiger partial charge in [0.2, 0.25) is 0 Å². The lowest BCUT2D eigenvalue weighted by Crippen LogP contribution is -2.42. The normalized spacial score (nSPS) is 21.2. The molecule has 7 heteroatoms. The van der Waals surface area contributed by atoms with E-state index in [2.05, 4.69) is 0 Å². The molecule has 1 heterocycles. The Kier molecular flexibility index (Phi) is 7.71. The van der Waals surface area contributed by atoms with Gasteiger partial charge in [0, 0.05) is 29.8 Å². The first kappa shape index (κ1) is 22.1. The summed E-state index contributed by atoms with van der Waals surface area (Å²) in [5.74, 6) is -0.355. The van der Waals surface area contributed by atoms with E-state index in [0.717, 1.165) is 49.5 Å². The monoisotopic (exact) mass is 429 g/mol. The largest absolute Gasteiger partial charge is 0.478 e. The number of aromatic carboxylic acids is 1. The molecule has 0 unspecified atom stereocenters. The van der Waals surface area contributed by atoms with Crippen LogP contribution in [0.3, 0.4) is 0 Å². The molecule has 2 fully saturated rings. The molecule has 3 N–H and O–H groups in total. The van der Waals surface area contributed by atoms with Crippen molar-refractivity contribution in [2.75, 3.05) is 24.5 Å². The minimum Gasteiger partial charge on any atom is -0.478 e. The second kappa shape index (κ2) is 10.5. The number of carbonyl (C=O) groups excluding carboxylic acids is 1. The lowest BCUT2D eigenvalue weighted by atomic mass is 9.85. The maximum absolute atomic E-state index is 12.7. The zero-order valence-electron chi connectivity index (χ0n) is 16.9. The first-order chi connectivity index (χ1) is 14.5. The van der Waals surface area contributed by atoms with E-state index in [4.69, 9.17) is 22.4 Å². The number of rotatable bonds is 4. The average molecular weight is 430 g/mol. The number of anilines is 1. The Balaban J connectivity index is 0.000000310. The zero-order valence-corrected chi connectivity index (χ0v) is 17.7. The van der Waals surface area contributed by atoms with Crippen molar-refractivity contribution in [1.29, 1.82) is 0 Å². The van der Waals surface area contributed by atoms with Crippen LogP contribution in [0.25, 0.3) is 0 Å². The van der Waals surface area contributed by atoms with Gasteiger partial charge in [-0.3, -0.25) is 4.90 Å². The van der Waals surface area contributed by atoms with E-state index in [1.807, 2.05) is 35.2 Å². The lowest BCUT2D eigenvalue weighted by Gasteiger charge is -2.34. The molecule has 30 heavy (non-hydrogen) atoms. The number of carboxylic acids is 1. The summed E-state index contributed by atoms with van der Waals surface area (Å²) < 4.78 is 0. The topological polar surface area (TPSA) is 86.9 Å². The third-order valence-electron chi connectivity index (χ3n) is 5.79. The van der Waals surface area contributed by atoms with Crippen molar-refractivity contribution in [3.63, 3.8) is 0 Å². The van der Waals surface area contributed by atoms with Gasteiger partial charge in [-0.2, -0.15) is 0 Å². The third kappa shape index (κ3) is 5.52. The average Bonchev–Trinajstić information content (AvgIpc) is 3.16. The fourth-order valence-corrected chi connectivity index (χ4v) is 4.17. The van der Waals surface area contributed by atoms with Gasteiger partial charge in [-0.15, -0.1) is 0 Å². The number of hydrogen-bond acceptors (Lipinski definition) is 3. The predicted molar refractivity (Wildman–Crippen MR) is 119 cm³/mol. The molecular formula is C23H28ClN3O3. The zero-order chi connectivity index (χ0) is 21.5. The Morgan fingerprint density at radius 2 is 1.63 bits per heavy atom. The third-order valence-corrected chi connectivity index (χ3v) is 6.04. The van der Waals surface area contributed by atoms with Crippen molar-refractivity contribution in [3.8, 4) is 0 Å². The summed E-state index contributed by atoms with van der Waals surface area (Å²) in [5, 5.41) is 9.74. The molecular weight excluding hydrogens is 402 g/mol. The molecule has 1 aliphatic carbocycles. The van der Waals surface area contributed by atoms with Gasteiger partial charge in [0.25, 0.3) is 0 Å². The molecule has 160 valence electrons. The van der Waals surface area contributed by atoms with E-state index in [0.29, 0.717) is 18.5 Å². The van der Waals surface area contributed by atoms with Crippen molar-refractivity contribution in [2.45, 2.75) is 31.7 Å². The van der Waals surface area contributed by atoms with Crippen molar-refractivity contribution < 1.29 is 14.7 Å². The highest BCUT2D eigenvalue weighted by atomic mass is 35.5. The number of hydrogen-bond donors (Lipinski definition) is 2. The van der Waals surface area contributed by atoms with Crippen LogP contribution < -0.4 is 10.6 Å². The van der Waals surface area contributed by atoms with E-state index in [-0.39, 0.29) is 11.6 Å². The van der Waals surface area contributed by atoms with Crippen molar-refractivity contribution in [2.24, 2.45) is 11.7 Å². The van der Waals surface area contributed by atoms with Crippen LogP contribution in [0.15, 0.2) is 54.6 Å². The SMILES string of the molecule is Clc1ccccc1.NCC1CCC(N2CCN(c3ccc(C(=O)O)cc3)C2=O)CC1. The lowest BCUT2D eigenvalue weighted by molar-refractivity contribution is 0.0697. The molecule has 2 aromatic rings. The fraction of sp³-hybridized carbons (Fsp3) is 0.391. The van der Waals surface area contributed by atoms with E-state index in [1.54, 1.807) is 29.2 Å². The summed E-state index contributed by atoms with van der Waals surface area (Å²) in [6.07, 6.45) is 4.25. The predicted octanol–water partition coefficient (Wildman–Crippen LogP) is 4.48. The molecule has 0 aromatic heterocycles. The van der Waals surface area contributed by atoms with Gasteiger partial charge in [-0.25, -0.2) is 9.59 Å². The molecule has 2 aliphatic rings. The molecule has 1 aliphatic heterocycles. The highest BCUT2D eigenvalue weighted by Crippen LogP contribution is 2.30. The molecule has 4 rings (SSSR count). The summed E-state index contributed by atoms with van der Waals surface area (Å²) in [6.45, 7) is 2.13. The van der Waals surface area contributed by atoms with E-state index in [1.165, 1.54) is 0 Å². The first-order valence-corrected chi connectivity index (χ1v) is 10.7. The molecule has 0 atom stereocenters. The summed E-state index contributed by atoms with van der Waals surface area (Å²) in [6, 6.07) is 16.3. The summed E-state index contributed by atoms with van der Waals surface area (Å²) in [4.78, 5) is 27.3. The number of benzene rings is 2. The smallest absolute Gasteiger partial charge is 0.335 e. The highest BCUT2D eigenvalue weighted by molar-refractivity contribution is 6.30. The Bertz CT molecular complexity index is 837. The molecule has 1 saturated heterocycles. The number of urea groups is 1. The van der Waals surface area contributed by atoms with Gasteiger partial charge < -0.3 is 15.7 Å². The van der Waals surface area contributed by atoms with Gasteiger partial charge in [-0.05, 0) is 74.5 Å². The standard InChI is InChI=1S/C17H23N3O3.C6H5Cl/c18-11-12-1-5-14(6-2-12)19-9-10-20(17(19)23)15-7-3-13(4-8-15)16(21)22;7-6-4-2-1-3-5-6/h3-4,7-8,12,14H,1-2,5-6,9-11,18H2,(H,21,22);1-5H. The van der Waals surface area contributed by atoms with Gasteiger partial charge in [0.1, 0.15) is 0 Å². The van der Waals surface area contributed by atoms with Crippen LogP contribution in [0.4, 0.5) is 10.5 Å². The van der Waals surface area contributed by atoms with Gasteiger partial charge in [0.15, 0.2) is 0 Å². The summed E-state index contributed by atoms with van der Waals surface area (Å²) in [7, 11) is 0. The Hall–Kier alpha value is -2.57. The molecule has 1 saturated carbocycles. The molecule has 6 nitrogen and oxygen atoms in total. The van der Waals surface area contributed by atoms with Crippen LogP contribution in [0.2, 0.25) is 5.02 Å². The van der Waals surface area contributed by atoms with E-state index >= 15 is 0 Å². The number of nitrogens with two attached hydrogens (primary N) is 1. The minimum atomic E-state index is -0.956. The van der Waals surface area contributed by atoms with Gasteiger partial charge >= 0.3 is 12.0 Å². The van der Waals surface area contributed by atoms with Crippen LogP contribution in [-0.4, -0.2) is 47.7 Å². The summed E-state index contributed by atoms with van der Waals surface area (Å²) in [5.41, 5.74) is 6.73. The van der Waals surface area contributed by atoms with Crippen LogP contribution >= 0.6 is 11.6 Å². The second-order valence-corrected chi connectivity index (χ2v) is 8.12. The number of halogens is 1. The maximum atomic E-state index is 12.7. The maximum Gasteiger partial charge on any atom is 0.335 e. The van der Waals surface area contributed by atoms with Crippen molar-refractivity contribution in [3.05, 3.63) is 65.2 Å². The minimum absolute atomic E-state index is 0.0317. The van der Waals surface area contributed by atoms with Crippen LogP contribution in [0, 0.1) is 5.92 Å². The number of nitrogens with zero attached hydrogens (tertiary/aromatic N) is 2. The van der Waals surface area contributed by atoms with E-state index in [9.17, 15) is 9.59 Å². The summed E-state index contributed by atoms with van der Waals surface area (Å²) >= 11 is 5.54. The van der Waals surface area contributed by atoms with Gasteiger partial charge in [-0.1, -0.05) is 29.8 Å². The van der Waals surface area contributed by atoms with Crippen LogP contribution in [0.1, 0.15) is 36.0 Å². The first-order valence-electron chi connectivity index (χ1n) is 10.3. The number of carboxylic acid groups (broad SMARTS) is 1. The molecule has 2 amide bonds. The Morgan fingerprint density at radius 1 is 1.00 bits per heavy atom. The van der Waals surface area contributed by atoms with Crippen LogP contribution in [-0.2, 0) is 0 Å². The number of amides is 2. The fourth-order valence-electron chi connectivity index (χ4n) is 4.02. The van der Waals surface area contributed by atoms with Crippen molar-refractivity contribution in [1.82, 2.24) is 4.90 Å². The Morgan fingerprint density at radius 3 is 2.13 bits per heavy atom. The molecule has 0 spiro atoms. The quantitative estimate of drug-likeness (QED) is 0.749. The molecule has 0 bridgehead atoms. The molecule has 2 aromatic carbocycles. The highest BCUT2D eigenvalue weighted by Gasteiger charge is 2.36. The molecule has 0 radical (unpaired) electrons. The van der Waals surface area contributed by atoms with Crippen molar-refractivity contribution >= 4 is 29.3 Å². The van der Waals surface area contributed by atoms with Gasteiger partial charge in [0.05, 0.1) is 5.56 Å². The van der Waals surface area contributed by atoms with E-state index < -0.39 is 5.97 Å².